The van der Waals surface area contributed by atoms with Crippen LogP contribution in [0.1, 0.15) is 17.2 Å². The molecule has 3 rings (SSSR count). The predicted octanol–water partition coefficient (Wildman–Crippen LogP) is 3.25. The van der Waals surface area contributed by atoms with E-state index in [9.17, 15) is 31.1 Å². The number of sulfone groups is 1. The van der Waals surface area contributed by atoms with E-state index in [0.29, 0.717) is 5.56 Å². The van der Waals surface area contributed by atoms with Crippen molar-refractivity contribution in [2.45, 2.75) is 22.4 Å². The monoisotopic (exact) mass is 507 g/mol. The highest BCUT2D eigenvalue weighted by Gasteiger charge is 2.24. The van der Waals surface area contributed by atoms with Crippen LogP contribution in [0.25, 0.3) is 0 Å². The van der Waals surface area contributed by atoms with Gasteiger partial charge in [-0.15, -0.1) is 0 Å². The summed E-state index contributed by atoms with van der Waals surface area (Å²) in [5, 5.41) is 9.60. The van der Waals surface area contributed by atoms with Gasteiger partial charge in [0.1, 0.15) is 11.6 Å². The molecule has 0 aliphatic heterocycles. The predicted molar refractivity (Wildman–Crippen MR) is 122 cm³/mol. The molecule has 0 heterocycles. The van der Waals surface area contributed by atoms with E-state index in [1.54, 1.807) is 12.1 Å². The minimum Gasteiger partial charge on any atom is -0.478 e. The first-order chi connectivity index (χ1) is 15.9. The Morgan fingerprint density at radius 3 is 2.18 bits per heavy atom. The number of carbonyl (C=O) groups is 1. The molecule has 34 heavy (non-hydrogen) atoms. The topological polar surface area (TPSA) is 118 Å². The molecule has 0 saturated carbocycles. The van der Waals surface area contributed by atoms with Crippen LogP contribution in [0.15, 0.2) is 82.6 Å². The van der Waals surface area contributed by atoms with E-state index in [1.807, 2.05) is 0 Å². The summed E-state index contributed by atoms with van der Waals surface area (Å²) >= 11 is 0. The van der Waals surface area contributed by atoms with E-state index >= 15 is 0 Å². The first kappa shape index (κ1) is 25.3. The quantitative estimate of drug-likeness (QED) is 0.472. The van der Waals surface area contributed by atoms with Gasteiger partial charge in [0.15, 0.2) is 9.84 Å². The van der Waals surface area contributed by atoms with Crippen molar-refractivity contribution in [3.63, 3.8) is 0 Å². The number of sulfonamides is 1. The van der Waals surface area contributed by atoms with E-state index in [4.69, 9.17) is 4.74 Å². The zero-order valence-corrected chi connectivity index (χ0v) is 19.9. The van der Waals surface area contributed by atoms with Crippen LogP contribution >= 0.6 is 0 Å². The number of aliphatic carboxylic acids is 1. The van der Waals surface area contributed by atoms with Gasteiger partial charge < -0.3 is 9.84 Å². The molecule has 0 aromatic heterocycles. The summed E-state index contributed by atoms with van der Waals surface area (Å²) in [6, 6.07) is 16.3. The summed E-state index contributed by atoms with van der Waals surface area (Å²) in [5.41, 5.74) is 0.737. The lowest BCUT2D eigenvalue weighted by molar-refractivity contribution is -0.145. The van der Waals surface area contributed by atoms with Crippen LogP contribution in [0.4, 0.5) is 4.39 Å². The van der Waals surface area contributed by atoms with Gasteiger partial charge in [0, 0.05) is 25.4 Å². The second-order valence-corrected chi connectivity index (χ2v) is 11.6. The standard InChI is InChI=1S/C23H22FNO7S2/c1-25(34(30,31)21-8-4-6-18(24)14-21)15-16-9-11-19(12-10-16)32-22(23(26)27)17-5-3-7-20(13-17)33(2,28)29/h3-14,22H,15H2,1-2H3,(H,26,27). The Bertz CT molecular complexity index is 1410. The molecule has 0 bridgehead atoms. The van der Waals surface area contributed by atoms with Gasteiger partial charge in [-0.2, -0.15) is 4.31 Å². The van der Waals surface area contributed by atoms with Crippen molar-refractivity contribution >= 4 is 25.8 Å². The number of benzene rings is 3. The molecule has 1 N–H and O–H groups in total. The van der Waals surface area contributed by atoms with Crippen molar-refractivity contribution in [2.24, 2.45) is 0 Å². The van der Waals surface area contributed by atoms with Crippen molar-refractivity contribution in [2.75, 3.05) is 13.3 Å². The molecule has 0 fully saturated rings. The molecule has 8 nitrogen and oxygen atoms in total. The molecular formula is C23H22FNO7S2. The molecule has 0 radical (unpaired) electrons. The summed E-state index contributed by atoms with van der Waals surface area (Å²) in [5.74, 6) is -1.78. The van der Waals surface area contributed by atoms with Crippen LogP contribution in [0, 0.1) is 5.82 Å². The summed E-state index contributed by atoms with van der Waals surface area (Å²) in [6.45, 7) is -0.0160. The summed E-state index contributed by atoms with van der Waals surface area (Å²) < 4.78 is 68.9. The Morgan fingerprint density at radius 2 is 1.59 bits per heavy atom. The Balaban J connectivity index is 1.76. The summed E-state index contributed by atoms with van der Waals surface area (Å²) in [4.78, 5) is 11.6. The Kier molecular flexibility index (Phi) is 7.39. The van der Waals surface area contributed by atoms with Crippen molar-refractivity contribution in [1.29, 1.82) is 0 Å². The van der Waals surface area contributed by atoms with E-state index in [0.717, 1.165) is 22.7 Å². The largest absolute Gasteiger partial charge is 0.478 e. The molecule has 180 valence electrons. The fraction of sp³-hybridized carbons (Fsp3) is 0.174. The molecule has 0 aliphatic rings. The normalized spacial score (nSPS) is 12.9. The minimum absolute atomic E-state index is 0.0160. The van der Waals surface area contributed by atoms with Crippen LogP contribution in [0.5, 0.6) is 5.75 Å². The maximum atomic E-state index is 13.4. The Morgan fingerprint density at radius 1 is 0.971 bits per heavy atom. The van der Waals surface area contributed by atoms with Crippen molar-refractivity contribution in [1.82, 2.24) is 4.31 Å². The highest BCUT2D eigenvalue weighted by Crippen LogP contribution is 2.25. The number of rotatable bonds is 9. The summed E-state index contributed by atoms with van der Waals surface area (Å²) in [6.07, 6.45) is -0.434. The summed E-state index contributed by atoms with van der Waals surface area (Å²) in [7, 11) is -6.09. The highest BCUT2D eigenvalue weighted by molar-refractivity contribution is 7.90. The van der Waals surface area contributed by atoms with E-state index in [-0.39, 0.29) is 27.6 Å². The van der Waals surface area contributed by atoms with Gasteiger partial charge in [0.25, 0.3) is 0 Å². The third-order valence-corrected chi connectivity index (χ3v) is 7.81. The van der Waals surface area contributed by atoms with Crippen LogP contribution in [-0.4, -0.2) is 45.5 Å². The molecule has 0 spiro atoms. The zero-order chi connectivity index (χ0) is 25.1. The second-order valence-electron chi connectivity index (χ2n) is 7.54. The van der Waals surface area contributed by atoms with Crippen LogP contribution in [-0.2, 0) is 31.2 Å². The molecule has 0 saturated heterocycles. The van der Waals surface area contributed by atoms with E-state index in [1.165, 1.54) is 55.6 Å². The Labute approximate surface area is 197 Å². The van der Waals surface area contributed by atoms with Gasteiger partial charge in [-0.3, -0.25) is 0 Å². The van der Waals surface area contributed by atoms with Crippen molar-refractivity contribution in [3.8, 4) is 5.75 Å². The Hall–Kier alpha value is -3.28. The molecule has 1 atom stereocenters. The molecule has 3 aromatic carbocycles. The lowest BCUT2D eigenvalue weighted by atomic mass is 10.1. The number of ether oxygens (including phenoxy) is 1. The van der Waals surface area contributed by atoms with Crippen molar-refractivity contribution in [3.05, 3.63) is 89.7 Å². The number of carboxylic acids is 1. The van der Waals surface area contributed by atoms with E-state index < -0.39 is 37.8 Å². The first-order valence-corrected chi connectivity index (χ1v) is 13.2. The number of carboxylic acid groups (broad SMARTS) is 1. The number of hydrogen-bond donors (Lipinski definition) is 1. The number of hydrogen-bond acceptors (Lipinski definition) is 6. The van der Waals surface area contributed by atoms with E-state index in [2.05, 4.69) is 0 Å². The molecule has 11 heteroatoms. The highest BCUT2D eigenvalue weighted by atomic mass is 32.2. The lowest BCUT2D eigenvalue weighted by Crippen LogP contribution is -2.26. The second kappa shape index (κ2) is 9.92. The number of nitrogens with zero attached hydrogens (tertiary/aromatic N) is 1. The third kappa shape index (κ3) is 5.99. The maximum absolute atomic E-state index is 13.4. The molecule has 0 amide bonds. The van der Waals surface area contributed by atoms with Crippen LogP contribution < -0.4 is 4.74 Å². The molecule has 1 unspecified atom stereocenters. The van der Waals surface area contributed by atoms with Crippen molar-refractivity contribution < 1.29 is 35.9 Å². The van der Waals surface area contributed by atoms with Crippen LogP contribution in [0.2, 0.25) is 0 Å². The maximum Gasteiger partial charge on any atom is 0.349 e. The zero-order valence-electron chi connectivity index (χ0n) is 18.3. The lowest BCUT2D eigenvalue weighted by Gasteiger charge is -2.19. The van der Waals surface area contributed by atoms with Gasteiger partial charge in [-0.05, 0) is 48.0 Å². The van der Waals surface area contributed by atoms with Gasteiger partial charge in [0.05, 0.1) is 9.79 Å². The van der Waals surface area contributed by atoms with Gasteiger partial charge in [-0.1, -0.05) is 30.3 Å². The fourth-order valence-electron chi connectivity index (χ4n) is 3.13. The van der Waals surface area contributed by atoms with Gasteiger partial charge >= 0.3 is 5.97 Å². The smallest absolute Gasteiger partial charge is 0.349 e. The van der Waals surface area contributed by atoms with Gasteiger partial charge in [0.2, 0.25) is 16.1 Å². The van der Waals surface area contributed by atoms with Gasteiger partial charge in [-0.25, -0.2) is 26.0 Å². The number of halogens is 1. The third-order valence-electron chi connectivity index (χ3n) is 4.90. The SMILES string of the molecule is CN(Cc1ccc(OC(C(=O)O)c2cccc(S(C)(=O)=O)c2)cc1)S(=O)(=O)c1cccc(F)c1. The average molecular weight is 508 g/mol. The fourth-order valence-corrected chi connectivity index (χ4v) is 5.00. The molecule has 0 aliphatic carbocycles. The van der Waals surface area contributed by atoms with Crippen LogP contribution in [0.3, 0.4) is 0 Å². The molecular weight excluding hydrogens is 485 g/mol. The first-order valence-electron chi connectivity index (χ1n) is 9.88. The average Bonchev–Trinajstić information content (AvgIpc) is 2.77. The molecule has 3 aromatic rings. The minimum atomic E-state index is -3.92.